The lowest BCUT2D eigenvalue weighted by atomic mass is 10.0. The second-order valence-corrected chi connectivity index (χ2v) is 4.10. The molecule has 0 aliphatic carbocycles. The Morgan fingerprint density at radius 1 is 1.36 bits per heavy atom. The molecule has 0 saturated carbocycles. The zero-order valence-corrected chi connectivity index (χ0v) is 8.96. The topological polar surface area (TPSA) is 23.8 Å². The molecule has 0 aliphatic rings. The Balaban J connectivity index is 2.47. The van der Waals surface area contributed by atoms with Gasteiger partial charge >= 0.3 is 0 Å². The van der Waals surface area contributed by atoms with Gasteiger partial charge in [0.2, 0.25) is 0 Å². The van der Waals surface area contributed by atoms with Crippen LogP contribution in [0.4, 0.5) is 0 Å². The molecule has 74 valence electrons. The number of rotatable bonds is 4. The summed E-state index contributed by atoms with van der Waals surface area (Å²) >= 11 is 0. The van der Waals surface area contributed by atoms with Crippen molar-refractivity contribution in [2.45, 2.75) is 33.1 Å². The standard InChI is InChI=1S/C13H17N/c1-11(2)5-3-6-12-7-4-8-13(9-12)10-14/h4,7-9,11H,3,5-6H2,1-2H3. The summed E-state index contributed by atoms with van der Waals surface area (Å²) in [5.74, 6) is 0.772. The Kier molecular flexibility index (Phi) is 4.19. The van der Waals surface area contributed by atoms with Crippen LogP contribution < -0.4 is 0 Å². The highest BCUT2D eigenvalue weighted by molar-refractivity contribution is 5.32. The molecule has 1 nitrogen and oxygen atoms in total. The van der Waals surface area contributed by atoms with Gasteiger partial charge in [0.05, 0.1) is 11.6 Å². The highest BCUT2D eigenvalue weighted by Crippen LogP contribution is 2.11. The van der Waals surface area contributed by atoms with Crippen molar-refractivity contribution in [2.24, 2.45) is 5.92 Å². The van der Waals surface area contributed by atoms with Crippen LogP contribution in [-0.4, -0.2) is 0 Å². The molecule has 1 aromatic carbocycles. The van der Waals surface area contributed by atoms with E-state index in [1.165, 1.54) is 18.4 Å². The molecule has 0 atom stereocenters. The molecule has 14 heavy (non-hydrogen) atoms. The molecule has 0 saturated heterocycles. The third-order valence-corrected chi connectivity index (χ3v) is 2.30. The van der Waals surface area contributed by atoms with Crippen LogP contribution in [0.5, 0.6) is 0 Å². The normalized spacial score (nSPS) is 10.1. The van der Waals surface area contributed by atoms with Crippen LogP contribution in [0.1, 0.15) is 37.8 Å². The number of nitrogens with zero attached hydrogens (tertiary/aromatic N) is 1. The minimum Gasteiger partial charge on any atom is -0.192 e. The number of hydrogen-bond donors (Lipinski definition) is 0. The van der Waals surface area contributed by atoms with Crippen molar-refractivity contribution in [1.82, 2.24) is 0 Å². The first-order valence-electron chi connectivity index (χ1n) is 5.21. The maximum absolute atomic E-state index is 8.73. The fourth-order valence-corrected chi connectivity index (χ4v) is 1.51. The SMILES string of the molecule is CC(C)CCCc1cccc(C#N)c1. The summed E-state index contributed by atoms with van der Waals surface area (Å²) in [5.41, 5.74) is 2.05. The van der Waals surface area contributed by atoms with Gasteiger partial charge in [0.25, 0.3) is 0 Å². The van der Waals surface area contributed by atoms with E-state index >= 15 is 0 Å². The lowest BCUT2D eigenvalue weighted by Crippen LogP contribution is -1.91. The van der Waals surface area contributed by atoms with Crippen LogP contribution in [0, 0.1) is 17.2 Å². The molecule has 1 heteroatoms. The quantitative estimate of drug-likeness (QED) is 0.707. The first kappa shape index (κ1) is 10.8. The van der Waals surface area contributed by atoms with E-state index in [2.05, 4.69) is 26.0 Å². The van der Waals surface area contributed by atoms with Crippen LogP contribution in [0.2, 0.25) is 0 Å². The molecule has 0 aliphatic heterocycles. The molecule has 0 spiro atoms. The third kappa shape index (κ3) is 3.62. The highest BCUT2D eigenvalue weighted by Gasteiger charge is 1.97. The molecule has 1 aromatic rings. The van der Waals surface area contributed by atoms with Crippen molar-refractivity contribution in [3.05, 3.63) is 35.4 Å². The largest absolute Gasteiger partial charge is 0.192 e. The Morgan fingerprint density at radius 3 is 2.79 bits per heavy atom. The van der Waals surface area contributed by atoms with Crippen molar-refractivity contribution in [1.29, 1.82) is 5.26 Å². The minimum absolute atomic E-state index is 0.770. The number of nitriles is 1. The van der Waals surface area contributed by atoms with Crippen LogP contribution >= 0.6 is 0 Å². The zero-order chi connectivity index (χ0) is 10.4. The van der Waals surface area contributed by atoms with Gasteiger partial charge < -0.3 is 0 Å². The molecule has 0 aromatic heterocycles. The van der Waals surface area contributed by atoms with Gasteiger partial charge in [-0.3, -0.25) is 0 Å². The predicted molar refractivity (Wildman–Crippen MR) is 58.9 cm³/mol. The van der Waals surface area contributed by atoms with E-state index < -0.39 is 0 Å². The molecule has 0 heterocycles. The average molecular weight is 187 g/mol. The van der Waals surface area contributed by atoms with Gasteiger partial charge in [0, 0.05) is 0 Å². The maximum Gasteiger partial charge on any atom is 0.0991 e. The molecule has 0 unspecified atom stereocenters. The molecule has 0 N–H and O–H groups in total. The van der Waals surface area contributed by atoms with E-state index in [1.54, 1.807) is 0 Å². The Hall–Kier alpha value is -1.29. The Morgan fingerprint density at radius 2 is 2.14 bits per heavy atom. The maximum atomic E-state index is 8.73. The summed E-state index contributed by atoms with van der Waals surface area (Å²) in [7, 11) is 0. The molecule has 0 radical (unpaired) electrons. The first-order chi connectivity index (χ1) is 6.72. The van der Waals surface area contributed by atoms with Gasteiger partial charge in [-0.15, -0.1) is 0 Å². The molecule has 0 bridgehead atoms. The third-order valence-electron chi connectivity index (χ3n) is 2.30. The smallest absolute Gasteiger partial charge is 0.0991 e. The van der Waals surface area contributed by atoms with E-state index in [4.69, 9.17) is 5.26 Å². The molecule has 0 fully saturated rings. The van der Waals surface area contributed by atoms with Crippen molar-refractivity contribution in [3.8, 4) is 6.07 Å². The summed E-state index contributed by atoms with van der Waals surface area (Å²) in [6, 6.07) is 10.1. The van der Waals surface area contributed by atoms with Gasteiger partial charge in [-0.25, -0.2) is 0 Å². The van der Waals surface area contributed by atoms with E-state index in [0.29, 0.717) is 0 Å². The second kappa shape index (κ2) is 5.44. The summed E-state index contributed by atoms with van der Waals surface area (Å²) in [6.07, 6.45) is 3.57. The van der Waals surface area contributed by atoms with Gasteiger partial charge in [-0.2, -0.15) is 5.26 Å². The fraction of sp³-hybridized carbons (Fsp3) is 0.462. The van der Waals surface area contributed by atoms with Gasteiger partial charge in [0.15, 0.2) is 0 Å². The van der Waals surface area contributed by atoms with Crippen LogP contribution in [0.25, 0.3) is 0 Å². The Bertz CT molecular complexity index is 320. The van der Waals surface area contributed by atoms with E-state index in [9.17, 15) is 0 Å². The van der Waals surface area contributed by atoms with Crippen molar-refractivity contribution < 1.29 is 0 Å². The van der Waals surface area contributed by atoms with Crippen molar-refractivity contribution >= 4 is 0 Å². The van der Waals surface area contributed by atoms with E-state index in [-0.39, 0.29) is 0 Å². The highest BCUT2D eigenvalue weighted by atomic mass is 14.2. The van der Waals surface area contributed by atoms with E-state index in [0.717, 1.165) is 17.9 Å². The molecular weight excluding hydrogens is 170 g/mol. The van der Waals surface area contributed by atoms with Gasteiger partial charge in [0.1, 0.15) is 0 Å². The fourth-order valence-electron chi connectivity index (χ4n) is 1.51. The van der Waals surface area contributed by atoms with E-state index in [1.807, 2.05) is 18.2 Å². The predicted octanol–water partition coefficient (Wildman–Crippen LogP) is 3.54. The zero-order valence-electron chi connectivity index (χ0n) is 8.96. The lowest BCUT2D eigenvalue weighted by Gasteiger charge is -2.04. The monoisotopic (exact) mass is 187 g/mol. The molecule has 0 amide bonds. The summed E-state index contributed by atoms with van der Waals surface area (Å²) < 4.78 is 0. The Labute approximate surface area is 86.4 Å². The second-order valence-electron chi connectivity index (χ2n) is 4.10. The minimum atomic E-state index is 0.770. The number of benzene rings is 1. The van der Waals surface area contributed by atoms with Crippen molar-refractivity contribution in [2.75, 3.05) is 0 Å². The van der Waals surface area contributed by atoms with Gasteiger partial charge in [-0.05, 0) is 36.5 Å². The number of aryl methyl sites for hydroxylation is 1. The summed E-state index contributed by atoms with van der Waals surface area (Å²) in [6.45, 7) is 4.48. The summed E-state index contributed by atoms with van der Waals surface area (Å²) in [4.78, 5) is 0. The number of hydrogen-bond acceptors (Lipinski definition) is 1. The van der Waals surface area contributed by atoms with Gasteiger partial charge in [-0.1, -0.05) is 32.4 Å². The van der Waals surface area contributed by atoms with Crippen LogP contribution in [-0.2, 0) is 6.42 Å². The summed E-state index contributed by atoms with van der Waals surface area (Å²) in [5, 5.41) is 8.73. The first-order valence-corrected chi connectivity index (χ1v) is 5.21. The average Bonchev–Trinajstić information content (AvgIpc) is 2.18. The molecule has 1 rings (SSSR count). The molecular formula is C13H17N. The van der Waals surface area contributed by atoms with Crippen LogP contribution in [0.15, 0.2) is 24.3 Å². The van der Waals surface area contributed by atoms with Crippen molar-refractivity contribution in [3.63, 3.8) is 0 Å². The lowest BCUT2D eigenvalue weighted by molar-refractivity contribution is 0.556. The van der Waals surface area contributed by atoms with Crippen LogP contribution in [0.3, 0.4) is 0 Å².